The molecule has 1 aromatic carbocycles. The van der Waals surface area contributed by atoms with Gasteiger partial charge in [-0.15, -0.1) is 11.3 Å². The minimum Gasteiger partial charge on any atom is -0.317 e. The Morgan fingerprint density at radius 1 is 1.32 bits per heavy atom. The van der Waals surface area contributed by atoms with Gasteiger partial charge in [-0.3, -0.25) is 4.79 Å². The molecule has 3 rings (SSSR count). The molecule has 0 aliphatic carbocycles. The van der Waals surface area contributed by atoms with Crippen LogP contribution in [0.5, 0.6) is 0 Å². The van der Waals surface area contributed by atoms with Crippen molar-refractivity contribution in [1.29, 1.82) is 0 Å². The highest BCUT2D eigenvalue weighted by atomic mass is 32.1. The number of hydrogen-bond donors (Lipinski definition) is 2. The number of thiazole rings is 1. The van der Waals surface area contributed by atoms with Crippen LogP contribution in [0.15, 0.2) is 30.5 Å². The number of hydrogen-bond acceptors (Lipinski definition) is 4. The van der Waals surface area contributed by atoms with Crippen molar-refractivity contribution >= 4 is 22.4 Å². The van der Waals surface area contributed by atoms with Crippen molar-refractivity contribution < 1.29 is 18.0 Å². The van der Waals surface area contributed by atoms with Crippen molar-refractivity contribution in [2.75, 3.05) is 18.4 Å². The molecule has 0 bridgehead atoms. The van der Waals surface area contributed by atoms with Crippen LogP contribution in [0, 0.1) is 0 Å². The third-order valence-electron chi connectivity index (χ3n) is 4.13. The Hall–Kier alpha value is -1.93. The second-order valence-corrected chi connectivity index (χ2v) is 7.08. The lowest BCUT2D eigenvalue weighted by molar-refractivity contribution is -0.137. The smallest absolute Gasteiger partial charge is 0.317 e. The summed E-state index contributed by atoms with van der Waals surface area (Å²) in [5.74, 6) is 0.0819. The number of rotatable bonds is 4. The molecule has 0 spiro atoms. The van der Waals surface area contributed by atoms with E-state index in [1.807, 2.05) is 0 Å². The van der Waals surface area contributed by atoms with Gasteiger partial charge in [-0.1, -0.05) is 18.2 Å². The van der Waals surface area contributed by atoms with Gasteiger partial charge in [0.1, 0.15) is 0 Å². The Labute approximate surface area is 147 Å². The number of alkyl halides is 3. The largest absolute Gasteiger partial charge is 0.416 e. The van der Waals surface area contributed by atoms with Crippen LogP contribution in [0.2, 0.25) is 0 Å². The number of halogens is 3. The van der Waals surface area contributed by atoms with E-state index in [0.717, 1.165) is 42.9 Å². The van der Waals surface area contributed by atoms with E-state index in [2.05, 4.69) is 15.6 Å². The Bertz CT molecular complexity index is 739. The van der Waals surface area contributed by atoms with E-state index in [4.69, 9.17) is 0 Å². The maximum absolute atomic E-state index is 12.7. The first-order valence-corrected chi connectivity index (χ1v) is 8.86. The van der Waals surface area contributed by atoms with Gasteiger partial charge >= 0.3 is 6.18 Å². The van der Waals surface area contributed by atoms with E-state index in [9.17, 15) is 18.0 Å². The van der Waals surface area contributed by atoms with Gasteiger partial charge in [0.25, 0.3) is 0 Å². The molecule has 1 aliphatic heterocycles. The number of carbonyl (C=O) groups excluding carboxylic acids is 1. The molecule has 1 aliphatic rings. The Morgan fingerprint density at radius 3 is 2.80 bits per heavy atom. The summed E-state index contributed by atoms with van der Waals surface area (Å²) in [6, 6.07) is 4.82. The van der Waals surface area contributed by atoms with Crippen LogP contribution in [0.4, 0.5) is 18.3 Å². The number of piperidine rings is 1. The van der Waals surface area contributed by atoms with Crippen LogP contribution in [-0.2, 0) is 17.4 Å². The topological polar surface area (TPSA) is 54.0 Å². The van der Waals surface area contributed by atoms with Crippen molar-refractivity contribution in [3.8, 4) is 0 Å². The van der Waals surface area contributed by atoms with Gasteiger partial charge in [-0.25, -0.2) is 4.98 Å². The summed E-state index contributed by atoms with van der Waals surface area (Å²) in [7, 11) is 0. The SMILES string of the molecule is O=C(Cc1cccc(C(F)(F)F)c1)Nc1ncc(C2CCNCC2)s1. The third kappa shape index (κ3) is 4.79. The van der Waals surface area contributed by atoms with E-state index >= 15 is 0 Å². The van der Waals surface area contributed by atoms with E-state index in [1.54, 1.807) is 6.20 Å². The summed E-state index contributed by atoms with van der Waals surface area (Å²) < 4.78 is 38.2. The van der Waals surface area contributed by atoms with Gasteiger partial charge in [-0.05, 0) is 43.5 Å². The zero-order valence-corrected chi connectivity index (χ0v) is 14.2. The summed E-state index contributed by atoms with van der Waals surface area (Å²) in [5.41, 5.74) is -0.428. The quantitative estimate of drug-likeness (QED) is 0.862. The molecule has 0 unspecified atom stereocenters. The molecular weight excluding hydrogens is 351 g/mol. The van der Waals surface area contributed by atoms with E-state index < -0.39 is 11.7 Å². The van der Waals surface area contributed by atoms with E-state index in [-0.39, 0.29) is 12.3 Å². The predicted molar refractivity (Wildman–Crippen MR) is 90.7 cm³/mol. The fraction of sp³-hybridized carbons (Fsp3) is 0.412. The maximum atomic E-state index is 12.7. The van der Waals surface area contributed by atoms with Crippen molar-refractivity contribution in [1.82, 2.24) is 10.3 Å². The molecule has 25 heavy (non-hydrogen) atoms. The van der Waals surface area contributed by atoms with E-state index in [0.29, 0.717) is 16.6 Å². The summed E-state index contributed by atoms with van der Waals surface area (Å²) in [6.45, 7) is 1.94. The number of aromatic nitrogens is 1. The number of carbonyl (C=O) groups is 1. The molecule has 1 aromatic heterocycles. The summed E-state index contributed by atoms with van der Waals surface area (Å²) in [4.78, 5) is 17.4. The average molecular weight is 369 g/mol. The standard InChI is InChI=1S/C17H18F3N3OS/c18-17(19,20)13-3-1-2-11(8-13)9-15(24)23-16-22-10-14(25-16)12-4-6-21-7-5-12/h1-3,8,10,12,21H,4-7,9H2,(H,22,23,24). The second-order valence-electron chi connectivity index (χ2n) is 6.02. The monoisotopic (exact) mass is 369 g/mol. The van der Waals surface area contributed by atoms with Crippen molar-refractivity contribution in [3.05, 3.63) is 46.5 Å². The molecule has 0 saturated carbocycles. The zero-order valence-electron chi connectivity index (χ0n) is 13.4. The highest BCUT2D eigenvalue weighted by molar-refractivity contribution is 7.15. The van der Waals surface area contributed by atoms with Crippen LogP contribution in [0.25, 0.3) is 0 Å². The number of anilines is 1. The molecule has 8 heteroatoms. The molecule has 2 N–H and O–H groups in total. The summed E-state index contributed by atoms with van der Waals surface area (Å²) >= 11 is 1.43. The number of nitrogens with zero attached hydrogens (tertiary/aromatic N) is 1. The molecular formula is C17H18F3N3OS. The summed E-state index contributed by atoms with van der Waals surface area (Å²) in [6.07, 6.45) is -0.669. The zero-order chi connectivity index (χ0) is 17.9. The lowest BCUT2D eigenvalue weighted by atomic mass is 9.97. The average Bonchev–Trinajstić information content (AvgIpc) is 3.03. The minimum absolute atomic E-state index is 0.119. The normalized spacial score (nSPS) is 16.0. The molecule has 4 nitrogen and oxygen atoms in total. The molecule has 1 amide bonds. The van der Waals surface area contributed by atoms with Gasteiger partial charge in [0, 0.05) is 11.1 Å². The predicted octanol–water partition coefficient (Wildman–Crippen LogP) is 3.81. The molecule has 134 valence electrons. The van der Waals surface area contributed by atoms with Crippen LogP contribution in [-0.4, -0.2) is 24.0 Å². The van der Waals surface area contributed by atoms with Crippen molar-refractivity contribution in [2.45, 2.75) is 31.4 Å². The highest BCUT2D eigenvalue weighted by Gasteiger charge is 2.30. The Kier molecular flexibility index (Phi) is 5.39. The number of nitrogens with one attached hydrogen (secondary N) is 2. The minimum atomic E-state index is -4.41. The fourth-order valence-corrected chi connectivity index (χ4v) is 3.85. The first kappa shape index (κ1) is 17.9. The third-order valence-corrected chi connectivity index (χ3v) is 5.21. The van der Waals surface area contributed by atoms with Gasteiger partial charge in [-0.2, -0.15) is 13.2 Å². The summed E-state index contributed by atoms with van der Waals surface area (Å²) in [5, 5.41) is 6.47. The lowest BCUT2D eigenvalue weighted by Gasteiger charge is -2.20. The Morgan fingerprint density at radius 2 is 2.08 bits per heavy atom. The maximum Gasteiger partial charge on any atom is 0.416 e. The first-order chi connectivity index (χ1) is 11.9. The first-order valence-electron chi connectivity index (χ1n) is 8.04. The molecule has 0 radical (unpaired) electrons. The van der Waals surface area contributed by atoms with Crippen LogP contribution < -0.4 is 10.6 Å². The van der Waals surface area contributed by atoms with E-state index in [1.165, 1.54) is 23.5 Å². The second kappa shape index (κ2) is 7.53. The van der Waals surface area contributed by atoms with Crippen molar-refractivity contribution in [2.24, 2.45) is 0 Å². The molecule has 1 fully saturated rings. The molecule has 2 heterocycles. The van der Waals surface area contributed by atoms with Gasteiger partial charge < -0.3 is 10.6 Å². The molecule has 0 atom stereocenters. The van der Waals surface area contributed by atoms with Crippen LogP contribution in [0.1, 0.15) is 34.8 Å². The number of benzene rings is 1. The van der Waals surface area contributed by atoms with Crippen molar-refractivity contribution in [3.63, 3.8) is 0 Å². The van der Waals surface area contributed by atoms with Gasteiger partial charge in [0.05, 0.1) is 12.0 Å². The lowest BCUT2D eigenvalue weighted by Crippen LogP contribution is -2.26. The van der Waals surface area contributed by atoms with Crippen LogP contribution >= 0.6 is 11.3 Å². The highest BCUT2D eigenvalue weighted by Crippen LogP contribution is 2.32. The van der Waals surface area contributed by atoms with Crippen LogP contribution in [0.3, 0.4) is 0 Å². The van der Waals surface area contributed by atoms with Gasteiger partial charge in [0.15, 0.2) is 5.13 Å². The fourth-order valence-electron chi connectivity index (χ4n) is 2.85. The molecule has 1 saturated heterocycles. The molecule has 2 aromatic rings. The Balaban J connectivity index is 1.60. The number of amides is 1. The van der Waals surface area contributed by atoms with Gasteiger partial charge in [0.2, 0.25) is 5.91 Å².